The van der Waals surface area contributed by atoms with Crippen LogP contribution in [0.15, 0.2) is 23.8 Å². The number of carbonyl (C=O) groups is 3. The highest BCUT2D eigenvalue weighted by Gasteiger charge is 2.68. The van der Waals surface area contributed by atoms with Crippen molar-refractivity contribution in [1.82, 2.24) is 0 Å². The molecule has 0 radical (unpaired) electrons. The maximum Gasteiger partial charge on any atom is 0.303 e. The predicted molar refractivity (Wildman–Crippen MR) is 109 cm³/mol. The number of hydrogen-bond acceptors (Lipinski definition) is 6. The number of fused-ring (bicyclic) bond motifs is 5. The molecule has 6 heteroatoms. The number of hydrogen-bond donors (Lipinski definition) is 2. The number of ketones is 2. The molecule has 0 heterocycles. The van der Waals surface area contributed by atoms with Gasteiger partial charge in [-0.05, 0) is 55.6 Å². The molecule has 164 valence electrons. The van der Waals surface area contributed by atoms with E-state index in [0.717, 1.165) is 12.0 Å². The van der Waals surface area contributed by atoms with Gasteiger partial charge in [0.05, 0.1) is 6.10 Å². The summed E-state index contributed by atoms with van der Waals surface area (Å²) in [6.45, 7) is 6.94. The minimum Gasteiger partial charge on any atom is -0.458 e. The van der Waals surface area contributed by atoms with Crippen LogP contribution >= 0.6 is 0 Å². The fourth-order valence-corrected chi connectivity index (χ4v) is 7.50. The molecule has 0 aliphatic heterocycles. The summed E-state index contributed by atoms with van der Waals surface area (Å²) in [6, 6.07) is 0. The van der Waals surface area contributed by atoms with Crippen LogP contribution in [0.2, 0.25) is 0 Å². The molecule has 6 nitrogen and oxygen atoms in total. The highest BCUT2D eigenvalue weighted by Crippen LogP contribution is 2.67. The number of ether oxygens (including phenoxy) is 1. The Morgan fingerprint density at radius 3 is 2.67 bits per heavy atom. The number of allylic oxidation sites excluding steroid dienone is 4. The average molecular weight is 417 g/mol. The molecule has 4 unspecified atom stereocenters. The highest BCUT2D eigenvalue weighted by atomic mass is 16.5. The van der Waals surface area contributed by atoms with Crippen LogP contribution in [0.1, 0.15) is 53.4 Å². The predicted octanol–water partition coefficient (Wildman–Crippen LogP) is 2.37. The second kappa shape index (κ2) is 6.86. The molecule has 0 amide bonds. The summed E-state index contributed by atoms with van der Waals surface area (Å²) in [7, 11) is 0. The molecular formula is C24H32O6. The summed E-state index contributed by atoms with van der Waals surface area (Å²) in [5, 5.41) is 22.9. The van der Waals surface area contributed by atoms with Gasteiger partial charge in [-0.2, -0.15) is 0 Å². The van der Waals surface area contributed by atoms with E-state index < -0.39 is 40.9 Å². The Kier molecular flexibility index (Phi) is 4.90. The molecule has 0 saturated heterocycles. The van der Waals surface area contributed by atoms with Crippen molar-refractivity contribution < 1.29 is 29.3 Å². The van der Waals surface area contributed by atoms with Crippen molar-refractivity contribution in [1.29, 1.82) is 0 Å². The minimum atomic E-state index is -1.61. The van der Waals surface area contributed by atoms with Crippen LogP contribution in [0, 0.1) is 34.5 Å². The van der Waals surface area contributed by atoms with Crippen LogP contribution in [0.5, 0.6) is 0 Å². The number of aliphatic hydroxyl groups excluding tert-OH is 1. The van der Waals surface area contributed by atoms with Gasteiger partial charge in [0.25, 0.3) is 0 Å². The largest absolute Gasteiger partial charge is 0.458 e. The van der Waals surface area contributed by atoms with Crippen LogP contribution in [0.3, 0.4) is 0 Å². The third kappa shape index (κ3) is 2.79. The zero-order valence-corrected chi connectivity index (χ0v) is 18.2. The maximum absolute atomic E-state index is 12.9. The summed E-state index contributed by atoms with van der Waals surface area (Å²) < 4.78 is 4.89. The van der Waals surface area contributed by atoms with Crippen LogP contribution in [-0.4, -0.2) is 46.1 Å². The van der Waals surface area contributed by atoms with Crippen LogP contribution < -0.4 is 0 Å². The van der Waals surface area contributed by atoms with E-state index in [4.69, 9.17) is 4.74 Å². The molecule has 4 aliphatic rings. The lowest BCUT2D eigenvalue weighted by Crippen LogP contribution is -2.62. The first-order valence-electron chi connectivity index (χ1n) is 11.0. The van der Waals surface area contributed by atoms with Crippen molar-refractivity contribution in [2.45, 2.75) is 65.1 Å². The van der Waals surface area contributed by atoms with Crippen LogP contribution in [0.25, 0.3) is 0 Å². The van der Waals surface area contributed by atoms with Crippen LogP contribution in [-0.2, 0) is 19.1 Å². The first-order chi connectivity index (χ1) is 13.9. The van der Waals surface area contributed by atoms with Crippen molar-refractivity contribution in [3.63, 3.8) is 0 Å². The quantitative estimate of drug-likeness (QED) is 0.685. The monoisotopic (exact) mass is 416 g/mol. The van der Waals surface area contributed by atoms with Gasteiger partial charge in [-0.25, -0.2) is 0 Å². The van der Waals surface area contributed by atoms with Gasteiger partial charge < -0.3 is 14.9 Å². The van der Waals surface area contributed by atoms with Gasteiger partial charge in [-0.15, -0.1) is 0 Å². The highest BCUT2D eigenvalue weighted by molar-refractivity contribution is 6.01. The van der Waals surface area contributed by atoms with E-state index in [-0.39, 0.29) is 29.5 Å². The van der Waals surface area contributed by atoms with Gasteiger partial charge in [0.1, 0.15) is 5.60 Å². The van der Waals surface area contributed by atoms with E-state index in [1.165, 1.54) is 6.92 Å². The molecule has 0 aromatic rings. The van der Waals surface area contributed by atoms with Gasteiger partial charge in [0.15, 0.2) is 12.4 Å². The minimum absolute atomic E-state index is 0.00535. The zero-order valence-electron chi connectivity index (χ0n) is 18.2. The Balaban J connectivity index is 1.70. The van der Waals surface area contributed by atoms with Gasteiger partial charge in [-0.3, -0.25) is 14.4 Å². The molecule has 0 aromatic heterocycles. The summed E-state index contributed by atoms with van der Waals surface area (Å²) >= 11 is 0. The van der Waals surface area contributed by atoms with E-state index in [0.29, 0.717) is 19.3 Å². The van der Waals surface area contributed by atoms with Gasteiger partial charge in [-0.1, -0.05) is 32.4 Å². The summed E-state index contributed by atoms with van der Waals surface area (Å²) in [5.74, 6) is -0.712. The SMILES string of the molecule is CC(=O)OCC(=O)[C@@]1(O)CCC2C3C[C@H](C)C4=CC(=O)C=C[C@]4(C)C3C(O)C[C@@]21C. The van der Waals surface area contributed by atoms with Crippen molar-refractivity contribution in [3.05, 3.63) is 23.8 Å². The first-order valence-corrected chi connectivity index (χ1v) is 11.0. The topological polar surface area (TPSA) is 101 Å². The smallest absolute Gasteiger partial charge is 0.303 e. The van der Waals surface area contributed by atoms with E-state index in [1.54, 1.807) is 12.2 Å². The molecule has 0 spiro atoms. The standard InChI is InChI=1S/C24H32O6/c1-13-9-16-17-6-8-24(29,20(28)12-30-14(2)25)23(17,4)11-19(27)21(16)22(3)7-5-15(26)10-18(13)22/h5,7,10,13,16-17,19,21,27,29H,6,8-9,11-12H2,1-4H3/t13-,16?,17?,19?,21?,22-,23-,24-/m0/s1. The molecule has 0 bridgehead atoms. The Labute approximate surface area is 177 Å². The third-order valence-corrected chi connectivity index (χ3v) is 8.84. The van der Waals surface area contributed by atoms with E-state index in [2.05, 4.69) is 13.8 Å². The Morgan fingerprint density at radius 1 is 1.30 bits per heavy atom. The fraction of sp³-hybridized carbons (Fsp3) is 0.708. The number of carbonyl (C=O) groups excluding carboxylic acids is 3. The van der Waals surface area contributed by atoms with Crippen LogP contribution in [0.4, 0.5) is 0 Å². The molecule has 8 atom stereocenters. The van der Waals surface area contributed by atoms with Gasteiger partial charge >= 0.3 is 5.97 Å². The fourth-order valence-electron chi connectivity index (χ4n) is 7.50. The van der Waals surface area contributed by atoms with E-state index in [9.17, 15) is 24.6 Å². The number of esters is 1. The molecule has 4 rings (SSSR count). The number of rotatable bonds is 3. The second-order valence-electron chi connectivity index (χ2n) is 10.3. The summed E-state index contributed by atoms with van der Waals surface area (Å²) in [4.78, 5) is 36.1. The zero-order chi connectivity index (χ0) is 22.1. The first kappa shape index (κ1) is 21.4. The van der Waals surface area contributed by atoms with E-state index in [1.807, 2.05) is 13.0 Å². The lowest BCUT2D eigenvalue weighted by atomic mass is 9.45. The molecule has 4 aliphatic carbocycles. The summed E-state index contributed by atoms with van der Waals surface area (Å²) in [6.07, 6.45) is 6.71. The van der Waals surface area contributed by atoms with Crippen molar-refractivity contribution >= 4 is 17.5 Å². The number of aliphatic hydroxyl groups is 2. The molecule has 3 fully saturated rings. The Morgan fingerprint density at radius 2 is 2.00 bits per heavy atom. The van der Waals surface area contributed by atoms with E-state index >= 15 is 0 Å². The summed E-state index contributed by atoms with van der Waals surface area (Å²) in [5.41, 5.74) is -1.72. The molecule has 30 heavy (non-hydrogen) atoms. The third-order valence-electron chi connectivity index (χ3n) is 8.84. The van der Waals surface area contributed by atoms with Crippen molar-refractivity contribution in [3.8, 4) is 0 Å². The average Bonchev–Trinajstić information content (AvgIpc) is 2.93. The lowest BCUT2D eigenvalue weighted by Gasteiger charge is -2.60. The van der Waals surface area contributed by atoms with Gasteiger partial charge in [0, 0.05) is 23.7 Å². The maximum atomic E-state index is 12.9. The molecule has 2 N–H and O–H groups in total. The normalized spacial score (nSPS) is 47.1. The Bertz CT molecular complexity index is 858. The number of Topliss-reactive ketones (excluding diaryl/α,β-unsaturated/α-hetero) is 1. The molecule has 3 saturated carbocycles. The van der Waals surface area contributed by atoms with Gasteiger partial charge in [0.2, 0.25) is 5.78 Å². The second-order valence-corrected chi connectivity index (χ2v) is 10.3. The molecular weight excluding hydrogens is 384 g/mol. The molecule has 0 aromatic carbocycles. The Hall–Kier alpha value is -1.79. The van der Waals surface area contributed by atoms with Crippen molar-refractivity contribution in [2.75, 3.05) is 6.61 Å². The lowest BCUT2D eigenvalue weighted by molar-refractivity contribution is -0.182. The van der Waals surface area contributed by atoms with Crippen molar-refractivity contribution in [2.24, 2.45) is 34.5 Å².